The van der Waals surface area contributed by atoms with Crippen molar-refractivity contribution in [3.05, 3.63) is 27.4 Å². The molecule has 0 aliphatic heterocycles. The van der Waals surface area contributed by atoms with E-state index in [0.29, 0.717) is 30.7 Å². The van der Waals surface area contributed by atoms with E-state index in [0.717, 1.165) is 5.69 Å². The molecule has 15 heavy (non-hydrogen) atoms. The first-order valence-corrected chi connectivity index (χ1v) is 4.89. The van der Waals surface area contributed by atoms with Gasteiger partial charge in [-0.1, -0.05) is 0 Å². The zero-order valence-corrected chi connectivity index (χ0v) is 8.41. The van der Waals surface area contributed by atoms with E-state index in [-0.39, 0.29) is 5.56 Å². The van der Waals surface area contributed by atoms with Gasteiger partial charge in [-0.2, -0.15) is 0 Å². The number of hydrogen-bond donors (Lipinski definition) is 2. The zero-order chi connectivity index (χ0) is 11.0. The fraction of sp³-hybridized carbons (Fsp3) is 0.500. The van der Waals surface area contributed by atoms with E-state index in [9.17, 15) is 9.59 Å². The molecule has 0 bridgehead atoms. The normalized spacial score (nSPS) is 19.7. The van der Waals surface area contributed by atoms with Crippen molar-refractivity contribution in [1.82, 2.24) is 9.97 Å². The number of aliphatic carboxylic acids is 1. The number of aryl methyl sites for hydroxylation is 2. The number of rotatable bonds is 1. The predicted octanol–water partition coefficient (Wildman–Crippen LogP) is 0.268. The molecule has 5 nitrogen and oxygen atoms in total. The van der Waals surface area contributed by atoms with Crippen LogP contribution in [0.2, 0.25) is 0 Å². The maximum Gasteiger partial charge on any atom is 0.306 e. The maximum atomic E-state index is 11.6. The molecule has 0 spiro atoms. The minimum absolute atomic E-state index is 0.191. The quantitative estimate of drug-likeness (QED) is 0.693. The highest BCUT2D eigenvalue weighted by Gasteiger charge is 2.26. The summed E-state index contributed by atoms with van der Waals surface area (Å²) in [4.78, 5) is 29.2. The molecule has 0 aromatic carbocycles. The number of carbonyl (C=O) groups is 1. The number of nitrogens with one attached hydrogen (secondary N) is 1. The number of aromatic nitrogens is 2. The van der Waals surface area contributed by atoms with Crippen LogP contribution in [0.1, 0.15) is 23.5 Å². The van der Waals surface area contributed by atoms with E-state index in [4.69, 9.17) is 5.11 Å². The number of aromatic amines is 1. The highest BCUT2D eigenvalue weighted by molar-refractivity contribution is 5.70. The number of hydrogen-bond acceptors (Lipinski definition) is 3. The van der Waals surface area contributed by atoms with E-state index in [1.165, 1.54) is 0 Å². The molecule has 1 atom stereocenters. The van der Waals surface area contributed by atoms with Crippen molar-refractivity contribution in [1.29, 1.82) is 0 Å². The van der Waals surface area contributed by atoms with Crippen LogP contribution in [0.15, 0.2) is 4.79 Å². The molecule has 80 valence electrons. The molecule has 1 heterocycles. The number of nitrogens with zero attached hydrogens (tertiary/aromatic N) is 1. The summed E-state index contributed by atoms with van der Waals surface area (Å²) in [5, 5.41) is 8.88. The predicted molar refractivity (Wildman–Crippen MR) is 52.7 cm³/mol. The van der Waals surface area contributed by atoms with Gasteiger partial charge < -0.3 is 10.1 Å². The van der Waals surface area contributed by atoms with E-state index in [1.54, 1.807) is 6.92 Å². The standard InChI is InChI=1S/C10H12N2O3/c1-5-11-8-3-2-6(10(14)15)4-7(8)9(13)12-5/h6H,2-4H2,1H3,(H,14,15)(H,11,12,13)/t6-/m0/s1. The minimum atomic E-state index is -0.833. The third kappa shape index (κ3) is 1.77. The van der Waals surface area contributed by atoms with Gasteiger partial charge in [-0.25, -0.2) is 4.98 Å². The van der Waals surface area contributed by atoms with Gasteiger partial charge in [0, 0.05) is 5.56 Å². The lowest BCUT2D eigenvalue weighted by atomic mass is 9.87. The molecule has 2 rings (SSSR count). The molecule has 1 aromatic heterocycles. The minimum Gasteiger partial charge on any atom is -0.481 e. The first-order valence-electron chi connectivity index (χ1n) is 4.89. The average molecular weight is 208 g/mol. The molecule has 0 saturated carbocycles. The smallest absolute Gasteiger partial charge is 0.306 e. The second kappa shape index (κ2) is 3.49. The molecule has 0 unspecified atom stereocenters. The van der Waals surface area contributed by atoms with Crippen LogP contribution >= 0.6 is 0 Å². The van der Waals surface area contributed by atoms with Gasteiger partial charge in [0.25, 0.3) is 5.56 Å². The average Bonchev–Trinajstić information content (AvgIpc) is 2.16. The van der Waals surface area contributed by atoms with Crippen LogP contribution in [0.25, 0.3) is 0 Å². The van der Waals surface area contributed by atoms with Gasteiger partial charge >= 0.3 is 5.97 Å². The largest absolute Gasteiger partial charge is 0.481 e. The fourth-order valence-corrected chi connectivity index (χ4v) is 1.96. The van der Waals surface area contributed by atoms with Crippen LogP contribution in [-0.2, 0) is 17.6 Å². The molecule has 0 amide bonds. The highest BCUT2D eigenvalue weighted by atomic mass is 16.4. The van der Waals surface area contributed by atoms with Gasteiger partial charge in [0.2, 0.25) is 0 Å². The van der Waals surface area contributed by atoms with Crippen molar-refractivity contribution in [3.8, 4) is 0 Å². The number of H-pyrrole nitrogens is 1. The lowest BCUT2D eigenvalue weighted by molar-refractivity contribution is -0.142. The van der Waals surface area contributed by atoms with E-state index in [2.05, 4.69) is 9.97 Å². The Hall–Kier alpha value is -1.65. The SMILES string of the molecule is Cc1nc2c(c(=O)[nH]1)C[C@@H](C(=O)O)CC2. The summed E-state index contributed by atoms with van der Waals surface area (Å²) >= 11 is 0. The first-order chi connectivity index (χ1) is 7.08. The Kier molecular flexibility index (Phi) is 2.30. The molecule has 0 saturated heterocycles. The van der Waals surface area contributed by atoms with Crippen LogP contribution in [0, 0.1) is 12.8 Å². The van der Waals surface area contributed by atoms with Crippen molar-refractivity contribution < 1.29 is 9.90 Å². The summed E-state index contributed by atoms with van der Waals surface area (Å²) in [6.07, 6.45) is 1.45. The summed E-state index contributed by atoms with van der Waals surface area (Å²) in [5.41, 5.74) is 1.11. The van der Waals surface area contributed by atoms with Crippen molar-refractivity contribution >= 4 is 5.97 Å². The van der Waals surface area contributed by atoms with Crippen LogP contribution < -0.4 is 5.56 Å². The van der Waals surface area contributed by atoms with Gasteiger partial charge in [-0.3, -0.25) is 9.59 Å². The van der Waals surface area contributed by atoms with Crippen LogP contribution in [-0.4, -0.2) is 21.0 Å². The lowest BCUT2D eigenvalue weighted by Crippen LogP contribution is -2.29. The summed E-state index contributed by atoms with van der Waals surface area (Å²) in [6, 6.07) is 0. The lowest BCUT2D eigenvalue weighted by Gasteiger charge is -2.19. The summed E-state index contributed by atoms with van der Waals surface area (Å²) in [5.74, 6) is -0.684. The second-order valence-corrected chi connectivity index (χ2v) is 3.85. The van der Waals surface area contributed by atoms with Crippen molar-refractivity contribution in [2.75, 3.05) is 0 Å². The number of carboxylic acids is 1. The topological polar surface area (TPSA) is 83.0 Å². The van der Waals surface area contributed by atoms with E-state index < -0.39 is 11.9 Å². The van der Waals surface area contributed by atoms with Gasteiger partial charge in [-0.15, -0.1) is 0 Å². The van der Waals surface area contributed by atoms with Crippen LogP contribution in [0.3, 0.4) is 0 Å². The van der Waals surface area contributed by atoms with E-state index >= 15 is 0 Å². The molecule has 1 aromatic rings. The van der Waals surface area contributed by atoms with Gasteiger partial charge in [-0.05, 0) is 26.2 Å². The molecule has 1 aliphatic carbocycles. The molecule has 2 N–H and O–H groups in total. The Morgan fingerprint density at radius 3 is 3.00 bits per heavy atom. The van der Waals surface area contributed by atoms with Crippen molar-refractivity contribution in [2.24, 2.45) is 5.92 Å². The van der Waals surface area contributed by atoms with Crippen LogP contribution in [0.4, 0.5) is 0 Å². The molecular formula is C10H12N2O3. The molecule has 5 heteroatoms. The maximum absolute atomic E-state index is 11.6. The number of fused-ring (bicyclic) bond motifs is 1. The van der Waals surface area contributed by atoms with Gasteiger partial charge in [0.05, 0.1) is 11.6 Å². The fourth-order valence-electron chi connectivity index (χ4n) is 1.96. The van der Waals surface area contributed by atoms with Gasteiger partial charge in [0.1, 0.15) is 5.82 Å². The van der Waals surface area contributed by atoms with Crippen LogP contribution in [0.5, 0.6) is 0 Å². The second-order valence-electron chi connectivity index (χ2n) is 3.85. The first kappa shape index (κ1) is 9.89. The molecular weight excluding hydrogens is 196 g/mol. The molecule has 0 fully saturated rings. The number of carboxylic acid groups (broad SMARTS) is 1. The van der Waals surface area contributed by atoms with E-state index in [1.807, 2.05) is 0 Å². The Morgan fingerprint density at radius 2 is 2.33 bits per heavy atom. The van der Waals surface area contributed by atoms with Gasteiger partial charge in [0.15, 0.2) is 0 Å². The van der Waals surface area contributed by atoms with Crippen molar-refractivity contribution in [2.45, 2.75) is 26.2 Å². The summed E-state index contributed by atoms with van der Waals surface area (Å²) in [6.45, 7) is 1.73. The third-order valence-electron chi connectivity index (χ3n) is 2.75. The monoisotopic (exact) mass is 208 g/mol. The summed E-state index contributed by atoms with van der Waals surface area (Å²) in [7, 11) is 0. The molecule has 1 aliphatic rings. The Balaban J connectivity index is 2.42. The summed E-state index contributed by atoms with van der Waals surface area (Å²) < 4.78 is 0. The Labute approximate surface area is 86.2 Å². The third-order valence-corrected chi connectivity index (χ3v) is 2.75. The Bertz CT molecular complexity index is 464. The molecule has 0 radical (unpaired) electrons. The highest BCUT2D eigenvalue weighted by Crippen LogP contribution is 2.21. The Morgan fingerprint density at radius 1 is 1.60 bits per heavy atom. The zero-order valence-electron chi connectivity index (χ0n) is 8.41. The van der Waals surface area contributed by atoms with Crippen molar-refractivity contribution in [3.63, 3.8) is 0 Å².